The van der Waals surface area contributed by atoms with Crippen LogP contribution in [-0.4, -0.2) is 10.0 Å². The fourth-order valence-electron chi connectivity index (χ4n) is 2.29. The normalized spacial score (nSPS) is 12.2. The van der Waals surface area contributed by atoms with Gasteiger partial charge < -0.3 is 5.11 Å². The molecule has 0 saturated carbocycles. The Hall–Kier alpha value is -2.20. The number of nitrogens with zero attached hydrogens (tertiary/aromatic N) is 1. The molecule has 0 saturated heterocycles. The van der Waals surface area contributed by atoms with E-state index < -0.39 is 11.0 Å². The van der Waals surface area contributed by atoms with Gasteiger partial charge in [-0.15, -0.1) is 0 Å². The Morgan fingerprint density at radius 1 is 1.05 bits per heavy atom. The van der Waals surface area contributed by atoms with Crippen molar-refractivity contribution in [1.82, 2.24) is 0 Å². The van der Waals surface area contributed by atoms with Crippen molar-refractivity contribution in [2.24, 2.45) is 0 Å². The number of aliphatic hydroxyl groups excluding tert-OH is 1. The van der Waals surface area contributed by atoms with Crippen LogP contribution in [0, 0.1) is 30.9 Å². The second kappa shape index (κ2) is 5.43. The molecule has 1 N–H and O–H groups in total. The third-order valence-corrected chi connectivity index (χ3v) is 3.46. The number of nitro benzene ring substituents is 1. The van der Waals surface area contributed by atoms with E-state index in [4.69, 9.17) is 0 Å². The van der Waals surface area contributed by atoms with E-state index in [9.17, 15) is 15.2 Å². The molecule has 0 aliphatic rings. The molecule has 2 rings (SSSR count). The highest BCUT2D eigenvalue weighted by Gasteiger charge is 2.17. The van der Waals surface area contributed by atoms with Gasteiger partial charge in [-0.05, 0) is 49.6 Å². The summed E-state index contributed by atoms with van der Waals surface area (Å²) in [5.41, 5.74) is 4.20. The van der Waals surface area contributed by atoms with Crippen molar-refractivity contribution in [3.05, 3.63) is 74.3 Å². The van der Waals surface area contributed by atoms with E-state index in [0.29, 0.717) is 11.1 Å². The molecule has 2 aromatic carbocycles. The lowest BCUT2D eigenvalue weighted by Crippen LogP contribution is -2.03. The Morgan fingerprint density at radius 2 is 1.75 bits per heavy atom. The molecule has 0 fully saturated rings. The Morgan fingerprint density at radius 3 is 2.35 bits per heavy atom. The fraction of sp³-hybridized carbons (Fsp3) is 0.250. The van der Waals surface area contributed by atoms with Gasteiger partial charge in [-0.25, -0.2) is 0 Å². The van der Waals surface area contributed by atoms with Crippen LogP contribution < -0.4 is 0 Å². The molecule has 4 nitrogen and oxygen atoms in total. The molecular formula is C16H17NO3. The van der Waals surface area contributed by atoms with E-state index in [-0.39, 0.29) is 5.69 Å². The van der Waals surface area contributed by atoms with E-state index in [1.807, 2.05) is 32.0 Å². The lowest BCUT2D eigenvalue weighted by atomic mass is 9.95. The third-order valence-electron chi connectivity index (χ3n) is 3.46. The van der Waals surface area contributed by atoms with Gasteiger partial charge >= 0.3 is 0 Å². The molecule has 104 valence electrons. The first kappa shape index (κ1) is 14.2. The average molecular weight is 271 g/mol. The van der Waals surface area contributed by atoms with Crippen molar-refractivity contribution in [3.63, 3.8) is 0 Å². The zero-order chi connectivity index (χ0) is 14.9. The summed E-state index contributed by atoms with van der Waals surface area (Å²) in [7, 11) is 0. The molecule has 4 heteroatoms. The molecular weight excluding hydrogens is 254 g/mol. The minimum Gasteiger partial charge on any atom is -0.384 e. The summed E-state index contributed by atoms with van der Waals surface area (Å²) < 4.78 is 0. The van der Waals surface area contributed by atoms with E-state index in [1.54, 1.807) is 19.1 Å². The van der Waals surface area contributed by atoms with Crippen LogP contribution in [0.3, 0.4) is 0 Å². The molecule has 0 radical (unpaired) electrons. The largest absolute Gasteiger partial charge is 0.384 e. The summed E-state index contributed by atoms with van der Waals surface area (Å²) in [6.07, 6.45) is -0.769. The maximum absolute atomic E-state index is 10.8. The van der Waals surface area contributed by atoms with Crippen LogP contribution in [0.5, 0.6) is 0 Å². The molecule has 0 amide bonds. The van der Waals surface area contributed by atoms with Crippen LogP contribution in [0.15, 0.2) is 36.4 Å². The molecule has 1 atom stereocenters. The van der Waals surface area contributed by atoms with Gasteiger partial charge in [0.1, 0.15) is 6.10 Å². The van der Waals surface area contributed by atoms with Crippen LogP contribution in [-0.2, 0) is 0 Å². The number of hydrogen-bond donors (Lipinski definition) is 1. The first-order valence-corrected chi connectivity index (χ1v) is 6.40. The van der Waals surface area contributed by atoms with Crippen molar-refractivity contribution < 1.29 is 10.0 Å². The van der Waals surface area contributed by atoms with E-state index in [1.165, 1.54) is 6.07 Å². The summed E-state index contributed by atoms with van der Waals surface area (Å²) in [6, 6.07) is 10.6. The summed E-state index contributed by atoms with van der Waals surface area (Å²) in [4.78, 5) is 10.4. The van der Waals surface area contributed by atoms with Crippen molar-refractivity contribution in [2.75, 3.05) is 0 Å². The number of benzene rings is 2. The average Bonchev–Trinajstić information content (AvgIpc) is 2.40. The number of nitro groups is 1. The van der Waals surface area contributed by atoms with Crippen LogP contribution in [0.4, 0.5) is 5.69 Å². The van der Waals surface area contributed by atoms with Gasteiger partial charge in [0, 0.05) is 11.6 Å². The lowest BCUT2D eigenvalue weighted by molar-refractivity contribution is -0.385. The van der Waals surface area contributed by atoms with Crippen LogP contribution in [0.25, 0.3) is 0 Å². The van der Waals surface area contributed by atoms with Gasteiger partial charge in [0.2, 0.25) is 0 Å². The van der Waals surface area contributed by atoms with Crippen LogP contribution >= 0.6 is 0 Å². The van der Waals surface area contributed by atoms with Crippen molar-refractivity contribution in [3.8, 4) is 0 Å². The summed E-state index contributed by atoms with van der Waals surface area (Å²) in [5.74, 6) is 0. The first-order valence-electron chi connectivity index (χ1n) is 6.40. The maximum atomic E-state index is 10.8. The fourth-order valence-corrected chi connectivity index (χ4v) is 2.29. The van der Waals surface area contributed by atoms with E-state index in [0.717, 1.165) is 16.7 Å². The van der Waals surface area contributed by atoms with Crippen molar-refractivity contribution >= 4 is 5.69 Å². The second-order valence-electron chi connectivity index (χ2n) is 5.07. The molecule has 0 unspecified atom stereocenters. The molecule has 0 bridgehead atoms. The highest BCUT2D eigenvalue weighted by atomic mass is 16.6. The molecule has 2 aromatic rings. The van der Waals surface area contributed by atoms with E-state index in [2.05, 4.69) is 0 Å². The number of hydrogen-bond acceptors (Lipinski definition) is 3. The minimum atomic E-state index is -0.769. The topological polar surface area (TPSA) is 63.4 Å². The van der Waals surface area contributed by atoms with E-state index >= 15 is 0 Å². The zero-order valence-corrected chi connectivity index (χ0v) is 11.8. The second-order valence-corrected chi connectivity index (χ2v) is 5.07. The quantitative estimate of drug-likeness (QED) is 0.685. The van der Waals surface area contributed by atoms with Gasteiger partial charge in [-0.2, -0.15) is 0 Å². The number of aryl methyl sites for hydroxylation is 3. The summed E-state index contributed by atoms with van der Waals surface area (Å²) in [6.45, 7) is 5.59. The van der Waals surface area contributed by atoms with Crippen molar-refractivity contribution in [1.29, 1.82) is 0 Å². The minimum absolute atomic E-state index is 0.0712. The highest BCUT2D eigenvalue weighted by molar-refractivity contribution is 5.45. The Balaban J connectivity index is 2.43. The van der Waals surface area contributed by atoms with Gasteiger partial charge in [0.05, 0.1) is 4.92 Å². The Bertz CT molecular complexity index is 665. The molecule has 0 spiro atoms. The van der Waals surface area contributed by atoms with Gasteiger partial charge in [0.15, 0.2) is 0 Å². The SMILES string of the molecule is Cc1ccc(C)c([C@@H](O)c2ccc([N+](=O)[O-])c(C)c2)c1. The summed E-state index contributed by atoms with van der Waals surface area (Å²) >= 11 is 0. The number of aliphatic hydroxyl groups is 1. The van der Waals surface area contributed by atoms with Crippen molar-refractivity contribution in [2.45, 2.75) is 26.9 Å². The van der Waals surface area contributed by atoms with Crippen LogP contribution in [0.1, 0.15) is 33.9 Å². The lowest BCUT2D eigenvalue weighted by Gasteiger charge is -2.15. The molecule has 0 heterocycles. The predicted octanol–water partition coefficient (Wildman–Crippen LogP) is 3.60. The van der Waals surface area contributed by atoms with Gasteiger partial charge in [0.25, 0.3) is 5.69 Å². The smallest absolute Gasteiger partial charge is 0.272 e. The molecule has 20 heavy (non-hydrogen) atoms. The first-order chi connectivity index (χ1) is 9.40. The number of rotatable bonds is 3. The predicted molar refractivity (Wildman–Crippen MR) is 77.8 cm³/mol. The standard InChI is InChI=1S/C16H17NO3/c1-10-4-5-11(2)14(8-10)16(18)13-6-7-15(17(19)20)12(3)9-13/h4-9,16,18H,1-3H3/t16-/m0/s1. The Labute approximate surface area is 117 Å². The van der Waals surface area contributed by atoms with Crippen LogP contribution in [0.2, 0.25) is 0 Å². The zero-order valence-electron chi connectivity index (χ0n) is 11.8. The summed E-state index contributed by atoms with van der Waals surface area (Å²) in [5, 5.41) is 21.3. The third kappa shape index (κ3) is 2.70. The highest BCUT2D eigenvalue weighted by Crippen LogP contribution is 2.28. The molecule has 0 aromatic heterocycles. The Kier molecular flexibility index (Phi) is 3.86. The van der Waals surface area contributed by atoms with Gasteiger partial charge in [-0.3, -0.25) is 10.1 Å². The maximum Gasteiger partial charge on any atom is 0.272 e. The molecule has 0 aliphatic heterocycles. The monoisotopic (exact) mass is 271 g/mol. The van der Waals surface area contributed by atoms with Gasteiger partial charge in [-0.1, -0.05) is 23.8 Å². The molecule has 0 aliphatic carbocycles.